The number of rotatable bonds is 6. The first-order valence-corrected chi connectivity index (χ1v) is 12.8. The molecule has 0 atom stereocenters. The van der Waals surface area contributed by atoms with Gasteiger partial charge in [-0.1, -0.05) is 12.1 Å². The van der Waals surface area contributed by atoms with Crippen LogP contribution in [0.3, 0.4) is 0 Å². The highest BCUT2D eigenvalue weighted by Crippen LogP contribution is 2.33. The van der Waals surface area contributed by atoms with Crippen LogP contribution in [0.15, 0.2) is 29.2 Å². The Morgan fingerprint density at radius 2 is 1.76 bits per heavy atom. The first-order valence-electron chi connectivity index (χ1n) is 12.8. The van der Waals surface area contributed by atoms with Gasteiger partial charge in [-0.2, -0.15) is 13.2 Å². The second-order valence-corrected chi connectivity index (χ2v) is 10.1. The number of ether oxygens (including phenoxy) is 1. The van der Waals surface area contributed by atoms with Crippen molar-refractivity contribution in [2.24, 2.45) is 0 Å². The third-order valence-electron chi connectivity index (χ3n) is 7.55. The normalized spacial score (nSPS) is 18.1. The van der Waals surface area contributed by atoms with Crippen LogP contribution in [0.1, 0.15) is 64.3 Å². The van der Waals surface area contributed by atoms with E-state index in [0.29, 0.717) is 48.4 Å². The van der Waals surface area contributed by atoms with E-state index in [9.17, 15) is 22.8 Å². The van der Waals surface area contributed by atoms with Crippen molar-refractivity contribution in [1.82, 2.24) is 14.8 Å². The van der Waals surface area contributed by atoms with E-state index < -0.39 is 17.6 Å². The lowest BCUT2D eigenvalue weighted by Crippen LogP contribution is -2.39. The molecule has 1 amide bonds. The zero-order valence-corrected chi connectivity index (χ0v) is 21.6. The zero-order chi connectivity index (χ0) is 26.7. The number of carbonyl (C=O) groups is 1. The molecule has 0 unspecified atom stereocenters. The van der Waals surface area contributed by atoms with E-state index in [2.05, 4.69) is 22.6 Å². The fourth-order valence-corrected chi connectivity index (χ4v) is 5.17. The van der Waals surface area contributed by atoms with E-state index in [-0.39, 0.29) is 29.8 Å². The van der Waals surface area contributed by atoms with Crippen molar-refractivity contribution in [3.8, 4) is 0 Å². The largest absolute Gasteiger partial charge is 0.416 e. The fourth-order valence-electron chi connectivity index (χ4n) is 5.17. The van der Waals surface area contributed by atoms with Gasteiger partial charge in [0.15, 0.2) is 0 Å². The lowest BCUT2D eigenvalue weighted by atomic mass is 10.0. The summed E-state index contributed by atoms with van der Waals surface area (Å²) >= 11 is 0. The molecule has 7 nitrogen and oxygen atoms in total. The van der Waals surface area contributed by atoms with E-state index in [4.69, 9.17) is 4.74 Å². The predicted octanol–water partition coefficient (Wildman–Crippen LogP) is 4.27. The molecule has 2 aliphatic rings. The summed E-state index contributed by atoms with van der Waals surface area (Å²) in [7, 11) is 2.06. The average molecular weight is 521 g/mol. The van der Waals surface area contributed by atoms with E-state index >= 15 is 0 Å². The maximum atomic E-state index is 13.5. The maximum absolute atomic E-state index is 13.5. The van der Waals surface area contributed by atoms with E-state index in [1.54, 1.807) is 23.8 Å². The summed E-state index contributed by atoms with van der Waals surface area (Å²) in [6, 6.07) is 4.01. The minimum atomic E-state index is -4.47. The number of carbonyl (C=O) groups excluding carboxylic acids is 1. The van der Waals surface area contributed by atoms with E-state index in [1.807, 2.05) is 0 Å². The van der Waals surface area contributed by atoms with Gasteiger partial charge in [-0.05, 0) is 76.9 Å². The molecule has 0 radical (unpaired) electrons. The molecule has 0 bridgehead atoms. The standard InChI is InChI=1S/C27H35F3N4O3/c1-17-19(5-4-6-23(17)27(28,29)30)15-31-25(35)22-16-34(21-9-13-37-14-10-21)26(36)18(2)24(22)32-20-7-11-33(3)12-8-20/h4-6,16,20-21,32H,7-15H2,1-3H3,(H,31,35). The molecule has 2 N–H and O–H groups in total. The zero-order valence-electron chi connectivity index (χ0n) is 21.6. The Morgan fingerprint density at radius 3 is 2.41 bits per heavy atom. The maximum Gasteiger partial charge on any atom is 0.416 e. The number of nitrogens with zero attached hydrogens (tertiary/aromatic N) is 2. The van der Waals surface area contributed by atoms with Gasteiger partial charge < -0.3 is 24.8 Å². The molecule has 2 saturated heterocycles. The molecule has 1 aromatic heterocycles. The number of piperidine rings is 1. The first kappa shape index (κ1) is 27.2. The number of amides is 1. The Bertz CT molecular complexity index is 1180. The molecule has 0 saturated carbocycles. The SMILES string of the molecule is Cc1c(CNC(=O)c2cn(C3CCOCC3)c(=O)c(C)c2NC2CCN(C)CC2)cccc1C(F)(F)F. The van der Waals surface area contributed by atoms with Crippen molar-refractivity contribution in [2.75, 3.05) is 38.7 Å². The Labute approximate surface area is 215 Å². The van der Waals surface area contributed by atoms with Gasteiger partial charge in [-0.3, -0.25) is 9.59 Å². The summed E-state index contributed by atoms with van der Waals surface area (Å²) in [4.78, 5) is 29.1. The molecular weight excluding hydrogens is 485 g/mol. The van der Waals surface area contributed by atoms with E-state index in [0.717, 1.165) is 32.0 Å². The Kier molecular flexibility index (Phi) is 8.28. The second-order valence-electron chi connectivity index (χ2n) is 10.1. The minimum Gasteiger partial charge on any atom is -0.381 e. The number of benzene rings is 1. The van der Waals surface area contributed by atoms with Crippen LogP contribution < -0.4 is 16.2 Å². The van der Waals surface area contributed by atoms with Crippen molar-refractivity contribution >= 4 is 11.6 Å². The Hall–Kier alpha value is -2.85. The van der Waals surface area contributed by atoms with Crippen LogP contribution in [-0.4, -0.2) is 54.8 Å². The molecule has 1 aromatic carbocycles. The highest BCUT2D eigenvalue weighted by atomic mass is 19.4. The van der Waals surface area contributed by atoms with Crippen molar-refractivity contribution < 1.29 is 22.7 Å². The second kappa shape index (κ2) is 11.3. The summed E-state index contributed by atoms with van der Waals surface area (Å²) in [5, 5.41) is 6.26. The highest BCUT2D eigenvalue weighted by molar-refractivity contribution is 6.00. The molecular formula is C27H35F3N4O3. The Morgan fingerprint density at radius 1 is 1.08 bits per heavy atom. The molecule has 2 aromatic rings. The molecule has 2 fully saturated rings. The molecule has 37 heavy (non-hydrogen) atoms. The molecule has 2 aliphatic heterocycles. The van der Waals surface area contributed by atoms with Crippen LogP contribution in [0, 0.1) is 13.8 Å². The van der Waals surface area contributed by atoms with E-state index in [1.165, 1.54) is 13.0 Å². The van der Waals surface area contributed by atoms with Gasteiger partial charge in [-0.25, -0.2) is 0 Å². The topological polar surface area (TPSA) is 75.6 Å². The number of hydrogen-bond acceptors (Lipinski definition) is 5. The van der Waals surface area contributed by atoms with Gasteiger partial charge in [-0.15, -0.1) is 0 Å². The monoisotopic (exact) mass is 520 g/mol. The minimum absolute atomic E-state index is 0.0578. The van der Waals surface area contributed by atoms with Gasteiger partial charge in [0.1, 0.15) is 0 Å². The van der Waals surface area contributed by atoms with Crippen LogP contribution >= 0.6 is 0 Å². The Balaban J connectivity index is 1.64. The molecule has 4 rings (SSSR count). The smallest absolute Gasteiger partial charge is 0.381 e. The number of nitrogens with one attached hydrogen (secondary N) is 2. The summed E-state index contributed by atoms with van der Waals surface area (Å²) in [6.07, 6.45) is 0.243. The molecule has 202 valence electrons. The quantitative estimate of drug-likeness (QED) is 0.595. The van der Waals surface area contributed by atoms with Gasteiger partial charge in [0.25, 0.3) is 11.5 Å². The fraction of sp³-hybridized carbons (Fsp3) is 0.556. The molecule has 0 aliphatic carbocycles. The lowest BCUT2D eigenvalue weighted by molar-refractivity contribution is -0.138. The summed E-state index contributed by atoms with van der Waals surface area (Å²) < 4.78 is 47.1. The van der Waals surface area contributed by atoms with Gasteiger partial charge in [0.2, 0.25) is 0 Å². The molecule has 0 spiro atoms. The highest BCUT2D eigenvalue weighted by Gasteiger charge is 2.33. The van der Waals surface area contributed by atoms with Crippen molar-refractivity contribution in [2.45, 2.75) is 64.3 Å². The van der Waals surface area contributed by atoms with Gasteiger partial charge in [0, 0.05) is 43.6 Å². The van der Waals surface area contributed by atoms with Crippen LogP contribution in [0.5, 0.6) is 0 Å². The first-order chi connectivity index (χ1) is 17.6. The number of pyridine rings is 1. The predicted molar refractivity (Wildman–Crippen MR) is 136 cm³/mol. The van der Waals surface area contributed by atoms with Crippen molar-refractivity contribution in [3.05, 3.63) is 62.6 Å². The third kappa shape index (κ3) is 6.18. The summed E-state index contributed by atoms with van der Waals surface area (Å²) in [6.45, 7) is 5.98. The van der Waals surface area contributed by atoms with Crippen LogP contribution in [0.25, 0.3) is 0 Å². The number of hydrogen-bond donors (Lipinski definition) is 2. The third-order valence-corrected chi connectivity index (χ3v) is 7.55. The summed E-state index contributed by atoms with van der Waals surface area (Å²) in [5.74, 6) is -0.434. The number of likely N-dealkylation sites (tertiary alicyclic amines) is 1. The lowest BCUT2D eigenvalue weighted by Gasteiger charge is -2.32. The van der Waals surface area contributed by atoms with Gasteiger partial charge >= 0.3 is 6.18 Å². The number of anilines is 1. The molecule has 10 heteroatoms. The van der Waals surface area contributed by atoms with Crippen LogP contribution in [-0.2, 0) is 17.5 Å². The summed E-state index contributed by atoms with van der Waals surface area (Å²) in [5.41, 5.74) is 0.910. The van der Waals surface area contributed by atoms with Gasteiger partial charge in [0.05, 0.1) is 16.8 Å². The van der Waals surface area contributed by atoms with Crippen molar-refractivity contribution in [1.29, 1.82) is 0 Å². The number of halogens is 3. The average Bonchev–Trinajstić information content (AvgIpc) is 2.87. The van der Waals surface area contributed by atoms with Crippen LogP contribution in [0.4, 0.5) is 18.9 Å². The van der Waals surface area contributed by atoms with Crippen LogP contribution in [0.2, 0.25) is 0 Å². The van der Waals surface area contributed by atoms with Crippen molar-refractivity contribution in [3.63, 3.8) is 0 Å². The number of alkyl halides is 3. The molecule has 3 heterocycles. The number of aromatic nitrogens is 1.